The van der Waals surface area contributed by atoms with E-state index in [0.29, 0.717) is 18.6 Å². The van der Waals surface area contributed by atoms with E-state index in [1.54, 1.807) is 19.9 Å². The number of hydrogen-bond acceptors (Lipinski definition) is 14. The Hall–Kier alpha value is -3.76. The summed E-state index contributed by atoms with van der Waals surface area (Å²) in [5.74, 6) is -2.43. The number of aromatic hydroxyl groups is 2. The van der Waals surface area contributed by atoms with Gasteiger partial charge in [-0.25, -0.2) is 0 Å². The maximum Gasteiger partial charge on any atom is 0.202 e. The van der Waals surface area contributed by atoms with Gasteiger partial charge >= 0.3 is 0 Å². The number of hydrogen-bond donors (Lipinski definition) is 6. The Kier molecular flexibility index (Phi) is 8.99. The van der Waals surface area contributed by atoms with Crippen LogP contribution in [-0.4, -0.2) is 102 Å². The molecule has 0 saturated carbocycles. The molecule has 2 aliphatic carbocycles. The Bertz CT molecular complexity index is 1790. The summed E-state index contributed by atoms with van der Waals surface area (Å²) in [5, 5.41) is 67.3. The van der Waals surface area contributed by atoms with Crippen LogP contribution in [0, 0.1) is 0 Å². The molecular formula is C36H46N4O10. The number of aliphatic hydroxyl groups is 2. The summed E-state index contributed by atoms with van der Waals surface area (Å²) >= 11 is 0. The van der Waals surface area contributed by atoms with Crippen LogP contribution in [-0.2, 0) is 15.9 Å². The molecule has 2 aromatic carbocycles. The summed E-state index contributed by atoms with van der Waals surface area (Å²) in [6.45, 7) is 10.8. The lowest BCUT2D eigenvalue weighted by Crippen LogP contribution is -2.59. The average Bonchev–Trinajstić information content (AvgIpc) is 3.04. The van der Waals surface area contributed by atoms with E-state index in [0.717, 1.165) is 0 Å². The normalized spacial score (nSPS) is 30.7. The van der Waals surface area contributed by atoms with Crippen LogP contribution in [0.15, 0.2) is 28.4 Å². The number of piperidine rings is 1. The molecule has 2 fully saturated rings. The van der Waals surface area contributed by atoms with Crippen molar-refractivity contribution in [3.63, 3.8) is 0 Å². The van der Waals surface area contributed by atoms with Crippen molar-refractivity contribution in [2.24, 2.45) is 15.9 Å². The monoisotopic (exact) mass is 694 g/mol. The number of nitrogens with two attached hydrogens (primary N) is 1. The third-order valence-electron chi connectivity index (χ3n) is 10.6. The van der Waals surface area contributed by atoms with Crippen LogP contribution >= 0.6 is 0 Å². The molecule has 2 heterocycles. The lowest BCUT2D eigenvalue weighted by atomic mass is 9.71. The standard InChI is InChI=1S/C36H46N4O10/c1-16-29(41)21(37)11-24(49-16)50-23-15-36(46,17(2)38-39-18-12-34(3,4)40(47)35(5,6)13-18)14-20-26(23)33(45)28-27(31(20)43)30(42)19-9-8-10-22(48-7)25(19)32(28)44/h8-10,16,21,23-24,29,41,43,45-47H,11-15,37H2,1-7H3/b38-17-/t16?,21?,23-,24-,29+,36-/m0/s1. The van der Waals surface area contributed by atoms with E-state index in [4.69, 9.17) is 19.9 Å². The van der Waals surface area contributed by atoms with Gasteiger partial charge in [-0.3, -0.25) is 9.59 Å². The van der Waals surface area contributed by atoms with E-state index in [9.17, 15) is 35.2 Å². The zero-order chi connectivity index (χ0) is 36.7. The largest absolute Gasteiger partial charge is 0.507 e. The fourth-order valence-corrected chi connectivity index (χ4v) is 8.01. The molecule has 2 saturated heterocycles. The van der Waals surface area contributed by atoms with Crippen molar-refractivity contribution in [2.45, 2.75) is 121 Å². The van der Waals surface area contributed by atoms with Gasteiger partial charge in [-0.1, -0.05) is 12.1 Å². The van der Waals surface area contributed by atoms with Gasteiger partial charge < -0.3 is 45.6 Å². The Morgan fingerprint density at radius 1 is 1.02 bits per heavy atom. The highest BCUT2D eigenvalue weighted by Gasteiger charge is 2.49. The van der Waals surface area contributed by atoms with Crippen LogP contribution in [0.2, 0.25) is 0 Å². The molecule has 0 aromatic heterocycles. The average molecular weight is 695 g/mol. The van der Waals surface area contributed by atoms with E-state index in [1.807, 2.05) is 27.7 Å². The van der Waals surface area contributed by atoms with Gasteiger partial charge in [-0.15, -0.1) is 0 Å². The smallest absolute Gasteiger partial charge is 0.202 e. The number of ketones is 2. The number of nitrogens with zero attached hydrogens (tertiary/aromatic N) is 3. The Labute approximate surface area is 290 Å². The van der Waals surface area contributed by atoms with Crippen molar-refractivity contribution in [3.05, 3.63) is 51.6 Å². The zero-order valence-electron chi connectivity index (χ0n) is 29.4. The number of carbonyl (C=O) groups is 2. The van der Waals surface area contributed by atoms with Gasteiger partial charge in [0.2, 0.25) is 5.78 Å². The summed E-state index contributed by atoms with van der Waals surface area (Å²) < 4.78 is 17.6. The summed E-state index contributed by atoms with van der Waals surface area (Å²) in [4.78, 5) is 27.9. The van der Waals surface area contributed by atoms with Crippen molar-refractivity contribution in [2.75, 3.05) is 7.11 Å². The fraction of sp³-hybridized carbons (Fsp3) is 0.556. The van der Waals surface area contributed by atoms with Crippen LogP contribution in [0.4, 0.5) is 0 Å². The molecule has 0 bridgehead atoms. The first kappa shape index (κ1) is 36.0. The topological polar surface area (TPSA) is 217 Å². The maximum atomic E-state index is 14.0. The SMILES string of the molecule is COc1cccc2c1C(=O)c1c(O)c3c(c(O)c1C2=O)C[C@@](O)(/C(C)=N\N=C1CC(C)(C)N(O)C(C)(C)C1)C[C@@H]3O[C@H]1CC(N)[C@H](O)C(C)O1. The molecule has 6 atom stereocenters. The van der Waals surface area contributed by atoms with E-state index in [2.05, 4.69) is 10.2 Å². The number of fused-ring (bicyclic) bond motifs is 3. The van der Waals surface area contributed by atoms with E-state index in [-0.39, 0.29) is 53.0 Å². The molecule has 0 radical (unpaired) electrons. The van der Waals surface area contributed by atoms with Gasteiger partial charge in [0, 0.05) is 71.6 Å². The van der Waals surface area contributed by atoms with E-state index >= 15 is 0 Å². The first-order valence-corrected chi connectivity index (χ1v) is 16.7. The van der Waals surface area contributed by atoms with Gasteiger partial charge in [0.15, 0.2) is 12.1 Å². The predicted molar refractivity (Wildman–Crippen MR) is 181 cm³/mol. The quantitative estimate of drug-likeness (QED) is 0.129. The third kappa shape index (κ3) is 5.82. The second-order valence-electron chi connectivity index (χ2n) is 15.2. The first-order valence-electron chi connectivity index (χ1n) is 16.7. The predicted octanol–water partition coefficient (Wildman–Crippen LogP) is 3.30. The van der Waals surface area contributed by atoms with Gasteiger partial charge in [-0.2, -0.15) is 15.3 Å². The van der Waals surface area contributed by atoms with E-state index < -0.39 is 81.5 Å². The van der Waals surface area contributed by atoms with Crippen LogP contribution in [0.25, 0.3) is 0 Å². The number of carbonyl (C=O) groups excluding carboxylic acids is 2. The number of benzene rings is 2. The summed E-state index contributed by atoms with van der Waals surface area (Å²) in [7, 11) is 1.36. The number of methoxy groups -OCH3 is 1. The third-order valence-corrected chi connectivity index (χ3v) is 10.6. The number of phenolic OH excluding ortho intramolecular Hbond substituents is 2. The molecule has 4 aliphatic rings. The van der Waals surface area contributed by atoms with E-state index in [1.165, 1.54) is 24.3 Å². The van der Waals surface area contributed by atoms with Crippen LogP contribution in [0.1, 0.15) is 116 Å². The van der Waals surface area contributed by atoms with Gasteiger partial charge in [0.05, 0.1) is 47.8 Å². The fourth-order valence-electron chi connectivity index (χ4n) is 8.01. The Balaban J connectivity index is 1.46. The second kappa shape index (κ2) is 12.5. The highest BCUT2D eigenvalue weighted by molar-refractivity contribution is 6.31. The summed E-state index contributed by atoms with van der Waals surface area (Å²) in [6, 6.07) is 3.82. The molecule has 2 aliphatic heterocycles. The molecule has 2 unspecified atom stereocenters. The van der Waals surface area contributed by atoms with Crippen molar-refractivity contribution in [1.29, 1.82) is 0 Å². The molecule has 14 heteroatoms. The maximum absolute atomic E-state index is 14.0. The number of aliphatic hydroxyl groups excluding tert-OH is 1. The lowest BCUT2D eigenvalue weighted by Gasteiger charge is -2.48. The molecular weight excluding hydrogens is 648 g/mol. The molecule has 6 rings (SSSR count). The molecule has 270 valence electrons. The Morgan fingerprint density at radius 2 is 1.66 bits per heavy atom. The molecule has 0 spiro atoms. The van der Waals surface area contributed by atoms with Gasteiger partial charge in [-0.05, 0) is 47.6 Å². The number of phenols is 2. The van der Waals surface area contributed by atoms with Gasteiger partial charge in [0.25, 0.3) is 0 Å². The van der Waals surface area contributed by atoms with Crippen LogP contribution in [0.5, 0.6) is 17.2 Å². The molecule has 7 N–H and O–H groups in total. The molecule has 50 heavy (non-hydrogen) atoms. The van der Waals surface area contributed by atoms with Crippen molar-refractivity contribution < 1.29 is 49.4 Å². The van der Waals surface area contributed by atoms with Crippen molar-refractivity contribution >= 4 is 23.0 Å². The minimum Gasteiger partial charge on any atom is -0.507 e. The lowest BCUT2D eigenvalue weighted by molar-refractivity contribution is -0.245. The molecule has 2 aromatic rings. The number of rotatable bonds is 5. The Morgan fingerprint density at radius 3 is 2.28 bits per heavy atom. The summed E-state index contributed by atoms with van der Waals surface area (Å²) in [6.07, 6.45) is -3.44. The highest BCUT2D eigenvalue weighted by atomic mass is 16.7. The first-order chi connectivity index (χ1) is 23.3. The molecule has 0 amide bonds. The number of ether oxygens (including phenoxy) is 3. The van der Waals surface area contributed by atoms with Gasteiger partial charge in [0.1, 0.15) is 22.8 Å². The number of hydroxylamine groups is 2. The minimum atomic E-state index is -1.81. The minimum absolute atomic E-state index is 0.000790. The van der Waals surface area contributed by atoms with Crippen molar-refractivity contribution in [3.8, 4) is 17.2 Å². The van der Waals surface area contributed by atoms with Crippen LogP contribution < -0.4 is 10.5 Å². The summed E-state index contributed by atoms with van der Waals surface area (Å²) in [5.41, 5.74) is 3.18. The van der Waals surface area contributed by atoms with Crippen molar-refractivity contribution in [1.82, 2.24) is 5.06 Å². The second-order valence-corrected chi connectivity index (χ2v) is 15.2. The zero-order valence-corrected chi connectivity index (χ0v) is 29.4. The molecule has 14 nitrogen and oxygen atoms in total. The van der Waals surface area contributed by atoms with Crippen LogP contribution in [0.3, 0.4) is 0 Å². The highest BCUT2D eigenvalue weighted by Crippen LogP contribution is 2.52.